The molecule has 2 amide bonds. The zero-order valence-corrected chi connectivity index (χ0v) is 12.2. The van der Waals surface area contributed by atoms with Crippen LogP contribution < -0.4 is 5.32 Å². The Labute approximate surface area is 126 Å². The second kappa shape index (κ2) is 6.83. The van der Waals surface area contributed by atoms with Crippen LogP contribution >= 0.6 is 0 Å². The summed E-state index contributed by atoms with van der Waals surface area (Å²) in [4.78, 5) is 25.2. The average molecular weight is 312 g/mol. The number of piperidine rings is 1. The maximum Gasteiger partial charge on any atom is 0.251 e. The van der Waals surface area contributed by atoms with Gasteiger partial charge in [0, 0.05) is 24.7 Å². The minimum absolute atomic E-state index is 0.133. The summed E-state index contributed by atoms with van der Waals surface area (Å²) in [6.07, 6.45) is 0.112. The van der Waals surface area contributed by atoms with E-state index in [1.807, 2.05) is 6.92 Å². The van der Waals surface area contributed by atoms with E-state index in [2.05, 4.69) is 5.32 Å². The van der Waals surface area contributed by atoms with E-state index in [0.29, 0.717) is 19.0 Å². The monoisotopic (exact) mass is 312 g/mol. The van der Waals surface area contributed by atoms with E-state index < -0.39 is 23.6 Å². The Balaban J connectivity index is 1.89. The molecule has 0 aromatic heterocycles. The number of aliphatic hydroxyl groups is 1. The fourth-order valence-corrected chi connectivity index (χ4v) is 2.33. The normalized spacial score (nSPS) is 21.5. The summed E-state index contributed by atoms with van der Waals surface area (Å²) < 4.78 is 26.1. The van der Waals surface area contributed by atoms with Crippen molar-refractivity contribution < 1.29 is 23.5 Å². The van der Waals surface area contributed by atoms with Crippen LogP contribution in [-0.4, -0.2) is 47.6 Å². The predicted octanol–water partition coefficient (Wildman–Crippen LogP) is 0.924. The van der Waals surface area contributed by atoms with Crippen molar-refractivity contribution in [2.45, 2.75) is 19.4 Å². The van der Waals surface area contributed by atoms with Crippen LogP contribution in [0.1, 0.15) is 23.7 Å². The number of β-amino-alcohol motifs (C(OH)–C–C–N with tert-alkyl or cyclic N) is 1. The Morgan fingerprint density at radius 1 is 1.32 bits per heavy atom. The molecule has 0 bridgehead atoms. The highest BCUT2D eigenvalue weighted by molar-refractivity contribution is 5.96. The van der Waals surface area contributed by atoms with Gasteiger partial charge in [0.1, 0.15) is 11.6 Å². The van der Waals surface area contributed by atoms with Gasteiger partial charge in [0.25, 0.3) is 5.91 Å². The standard InChI is InChI=1S/C15H18F2N2O3/c1-9-2-3-19(8-13(9)20)14(21)7-18-15(22)10-4-11(16)6-12(17)5-10/h4-6,9,13,20H,2-3,7-8H2,1H3,(H,18,22). The highest BCUT2D eigenvalue weighted by atomic mass is 19.1. The molecular weight excluding hydrogens is 294 g/mol. The molecule has 7 heteroatoms. The fraction of sp³-hybridized carbons (Fsp3) is 0.467. The number of amides is 2. The Morgan fingerprint density at radius 3 is 2.55 bits per heavy atom. The molecule has 1 fully saturated rings. The highest BCUT2D eigenvalue weighted by Crippen LogP contribution is 2.16. The molecule has 0 spiro atoms. The van der Waals surface area contributed by atoms with Gasteiger partial charge >= 0.3 is 0 Å². The third kappa shape index (κ3) is 4.00. The van der Waals surface area contributed by atoms with E-state index in [1.54, 1.807) is 0 Å². The zero-order chi connectivity index (χ0) is 16.3. The molecule has 1 aromatic carbocycles. The van der Waals surface area contributed by atoms with Gasteiger partial charge in [0.05, 0.1) is 12.6 Å². The van der Waals surface area contributed by atoms with Gasteiger partial charge in [0.15, 0.2) is 0 Å². The molecule has 22 heavy (non-hydrogen) atoms. The van der Waals surface area contributed by atoms with Crippen LogP contribution in [0.5, 0.6) is 0 Å². The number of halogens is 2. The summed E-state index contributed by atoms with van der Waals surface area (Å²) in [5, 5.41) is 12.1. The first-order valence-electron chi connectivity index (χ1n) is 7.07. The van der Waals surface area contributed by atoms with Crippen molar-refractivity contribution >= 4 is 11.8 Å². The molecular formula is C15H18F2N2O3. The van der Waals surface area contributed by atoms with E-state index >= 15 is 0 Å². The molecule has 1 saturated heterocycles. The molecule has 1 aromatic rings. The quantitative estimate of drug-likeness (QED) is 0.872. The number of hydrogen-bond donors (Lipinski definition) is 2. The molecule has 1 aliphatic heterocycles. The first kappa shape index (κ1) is 16.4. The van der Waals surface area contributed by atoms with Gasteiger partial charge in [-0.1, -0.05) is 6.92 Å². The number of nitrogens with zero attached hydrogens (tertiary/aromatic N) is 1. The smallest absolute Gasteiger partial charge is 0.251 e. The Kier molecular flexibility index (Phi) is 5.07. The van der Waals surface area contributed by atoms with Crippen molar-refractivity contribution in [2.24, 2.45) is 5.92 Å². The summed E-state index contributed by atoms with van der Waals surface area (Å²) in [6, 6.07) is 2.46. The van der Waals surface area contributed by atoms with Crippen molar-refractivity contribution in [3.8, 4) is 0 Å². The molecule has 2 rings (SSSR count). The Bertz CT molecular complexity index is 560. The zero-order valence-electron chi connectivity index (χ0n) is 12.2. The molecule has 1 heterocycles. The Hall–Kier alpha value is -2.02. The third-order valence-electron chi connectivity index (χ3n) is 3.80. The number of aliphatic hydroxyl groups excluding tert-OH is 1. The maximum atomic E-state index is 13.0. The van der Waals surface area contributed by atoms with E-state index in [4.69, 9.17) is 0 Å². The number of rotatable bonds is 3. The molecule has 0 aliphatic carbocycles. The average Bonchev–Trinajstić information content (AvgIpc) is 2.46. The van der Waals surface area contributed by atoms with Gasteiger partial charge in [-0.2, -0.15) is 0 Å². The molecule has 2 unspecified atom stereocenters. The topological polar surface area (TPSA) is 69.6 Å². The van der Waals surface area contributed by atoms with Gasteiger partial charge in [-0.25, -0.2) is 8.78 Å². The van der Waals surface area contributed by atoms with Gasteiger partial charge < -0.3 is 15.3 Å². The van der Waals surface area contributed by atoms with Crippen LogP contribution in [-0.2, 0) is 4.79 Å². The fourth-order valence-electron chi connectivity index (χ4n) is 2.33. The van der Waals surface area contributed by atoms with Crippen LogP contribution in [0.25, 0.3) is 0 Å². The lowest BCUT2D eigenvalue weighted by Crippen LogP contribution is -2.49. The van der Waals surface area contributed by atoms with Gasteiger partial charge in [-0.3, -0.25) is 9.59 Å². The van der Waals surface area contributed by atoms with E-state index in [-0.39, 0.29) is 30.5 Å². The number of benzene rings is 1. The summed E-state index contributed by atoms with van der Waals surface area (Å²) >= 11 is 0. The summed E-state index contributed by atoms with van der Waals surface area (Å²) in [6.45, 7) is 2.37. The number of carbonyl (C=O) groups excluding carboxylic acids is 2. The van der Waals surface area contributed by atoms with Crippen LogP contribution in [0.4, 0.5) is 8.78 Å². The minimum Gasteiger partial charge on any atom is -0.391 e. The number of carbonyl (C=O) groups is 2. The largest absolute Gasteiger partial charge is 0.391 e. The molecule has 0 radical (unpaired) electrons. The van der Waals surface area contributed by atoms with Gasteiger partial charge in [-0.15, -0.1) is 0 Å². The molecule has 2 N–H and O–H groups in total. The highest BCUT2D eigenvalue weighted by Gasteiger charge is 2.27. The molecule has 120 valence electrons. The second-order valence-electron chi connectivity index (χ2n) is 5.51. The second-order valence-corrected chi connectivity index (χ2v) is 5.51. The minimum atomic E-state index is -0.857. The molecule has 0 saturated carbocycles. The van der Waals surface area contributed by atoms with Crippen molar-refractivity contribution in [1.29, 1.82) is 0 Å². The van der Waals surface area contributed by atoms with Gasteiger partial charge in [0.2, 0.25) is 5.91 Å². The predicted molar refractivity (Wildman–Crippen MR) is 75.1 cm³/mol. The van der Waals surface area contributed by atoms with Crippen LogP contribution in [0.15, 0.2) is 18.2 Å². The van der Waals surface area contributed by atoms with Crippen molar-refractivity contribution in [2.75, 3.05) is 19.6 Å². The first-order valence-corrected chi connectivity index (χ1v) is 7.07. The number of nitrogens with one attached hydrogen (secondary N) is 1. The van der Waals surface area contributed by atoms with Crippen LogP contribution in [0, 0.1) is 17.6 Å². The van der Waals surface area contributed by atoms with Crippen LogP contribution in [0.2, 0.25) is 0 Å². The SMILES string of the molecule is CC1CCN(C(=O)CNC(=O)c2cc(F)cc(F)c2)CC1O. The van der Waals surface area contributed by atoms with E-state index in [1.165, 1.54) is 4.90 Å². The third-order valence-corrected chi connectivity index (χ3v) is 3.80. The summed E-state index contributed by atoms with van der Waals surface area (Å²) in [7, 11) is 0. The molecule has 1 aliphatic rings. The number of hydrogen-bond acceptors (Lipinski definition) is 3. The molecule has 2 atom stereocenters. The van der Waals surface area contributed by atoms with E-state index in [9.17, 15) is 23.5 Å². The van der Waals surface area contributed by atoms with Crippen molar-refractivity contribution in [1.82, 2.24) is 10.2 Å². The lowest BCUT2D eigenvalue weighted by atomic mass is 9.96. The van der Waals surface area contributed by atoms with Crippen molar-refractivity contribution in [3.05, 3.63) is 35.4 Å². The van der Waals surface area contributed by atoms with E-state index in [0.717, 1.165) is 12.1 Å². The summed E-state index contributed by atoms with van der Waals surface area (Å²) in [5.74, 6) is -2.64. The molecule has 5 nitrogen and oxygen atoms in total. The lowest BCUT2D eigenvalue weighted by molar-refractivity contribution is -0.134. The summed E-state index contributed by atoms with van der Waals surface area (Å²) in [5.41, 5.74) is -0.183. The lowest BCUT2D eigenvalue weighted by Gasteiger charge is -2.34. The van der Waals surface area contributed by atoms with Crippen molar-refractivity contribution in [3.63, 3.8) is 0 Å². The maximum absolute atomic E-state index is 13.0. The first-order chi connectivity index (χ1) is 10.4. The Morgan fingerprint density at radius 2 is 1.95 bits per heavy atom. The number of likely N-dealkylation sites (tertiary alicyclic amines) is 1. The van der Waals surface area contributed by atoms with Crippen LogP contribution in [0.3, 0.4) is 0 Å². The van der Waals surface area contributed by atoms with Gasteiger partial charge in [-0.05, 0) is 24.5 Å².